The minimum atomic E-state index is -0.968. The van der Waals surface area contributed by atoms with Crippen LogP contribution in [0.1, 0.15) is 44.7 Å². The molecule has 30 heavy (non-hydrogen) atoms. The Hall–Kier alpha value is -3.59. The van der Waals surface area contributed by atoms with Crippen LogP contribution in [0.5, 0.6) is 0 Å². The van der Waals surface area contributed by atoms with Gasteiger partial charge in [-0.05, 0) is 41.8 Å². The van der Waals surface area contributed by atoms with Gasteiger partial charge in [0.25, 0.3) is 11.8 Å². The summed E-state index contributed by atoms with van der Waals surface area (Å²) in [5, 5.41) is 2.19. The zero-order valence-corrected chi connectivity index (χ0v) is 16.4. The monoisotopic (exact) mass is 407 g/mol. The fourth-order valence-electron chi connectivity index (χ4n) is 3.77. The largest absolute Gasteiger partial charge is 0.355 e. The Balaban J connectivity index is 1.56. The molecule has 1 saturated heterocycles. The molecule has 2 aliphatic rings. The number of fused-ring (bicyclic) bond motifs is 1. The molecule has 4 rings (SSSR count). The number of nitrogens with two attached hydrogens (primary N) is 1. The highest BCUT2D eigenvalue weighted by Gasteiger charge is 2.44. The van der Waals surface area contributed by atoms with E-state index < -0.39 is 29.7 Å². The van der Waals surface area contributed by atoms with E-state index in [0.29, 0.717) is 13.1 Å². The number of carbonyl (C=O) groups excluding carboxylic acids is 4. The Labute approximate surface area is 172 Å². The lowest BCUT2D eigenvalue weighted by molar-refractivity contribution is -0.136. The maximum absolute atomic E-state index is 12.9. The molecule has 1 aromatic carbocycles. The van der Waals surface area contributed by atoms with Gasteiger partial charge in [-0.15, -0.1) is 0 Å². The van der Waals surface area contributed by atoms with Gasteiger partial charge < -0.3 is 10.6 Å². The molecule has 0 saturated carbocycles. The fourth-order valence-corrected chi connectivity index (χ4v) is 3.77. The highest BCUT2D eigenvalue weighted by molar-refractivity contribution is 6.23. The van der Waals surface area contributed by atoms with Gasteiger partial charge in [0, 0.05) is 32.8 Å². The highest BCUT2D eigenvalue weighted by atomic mass is 16.2. The normalized spacial score (nSPS) is 18.5. The van der Waals surface area contributed by atoms with E-state index in [1.165, 1.54) is 0 Å². The third-order valence-electron chi connectivity index (χ3n) is 5.36. The zero-order chi connectivity index (χ0) is 21.4. The summed E-state index contributed by atoms with van der Waals surface area (Å²) >= 11 is 0. The second kappa shape index (κ2) is 7.68. The lowest BCUT2D eigenvalue weighted by Gasteiger charge is -2.27. The number of aromatic nitrogens is 1. The fraction of sp³-hybridized carbons (Fsp3) is 0.286. The molecule has 4 amide bonds. The molecule has 0 bridgehead atoms. The average molecular weight is 407 g/mol. The first-order valence-corrected chi connectivity index (χ1v) is 9.59. The Bertz CT molecular complexity index is 1070. The third-order valence-corrected chi connectivity index (χ3v) is 5.36. The van der Waals surface area contributed by atoms with Crippen molar-refractivity contribution in [2.75, 3.05) is 11.9 Å². The number of piperidine rings is 1. The molecule has 1 atom stereocenters. The van der Waals surface area contributed by atoms with E-state index in [-0.39, 0.29) is 24.0 Å². The van der Waals surface area contributed by atoms with Crippen LogP contribution in [-0.4, -0.2) is 46.6 Å². The second-order valence-electron chi connectivity index (χ2n) is 7.41. The quantitative estimate of drug-likeness (QED) is 0.694. The van der Waals surface area contributed by atoms with Crippen LogP contribution in [0.15, 0.2) is 36.5 Å². The smallest absolute Gasteiger partial charge is 0.262 e. The highest BCUT2D eigenvalue weighted by Crippen LogP contribution is 2.29. The van der Waals surface area contributed by atoms with Crippen LogP contribution in [0.3, 0.4) is 0 Å². The molecule has 3 heterocycles. The standard InChI is InChI=1S/C21H21N5O4/c1-25(17-9-12(10-22)6-7-23-17)11-13-2-3-14-15(8-13)21(30)26(20(14)29)16-4-5-18(27)24-19(16)28/h2-3,6-9,16H,4-5,10-11,22H2,1H3,(H,24,27,28). The van der Waals surface area contributed by atoms with Crippen molar-refractivity contribution in [3.63, 3.8) is 0 Å². The maximum Gasteiger partial charge on any atom is 0.262 e. The summed E-state index contributed by atoms with van der Waals surface area (Å²) in [6.45, 7) is 0.878. The molecule has 2 aliphatic heterocycles. The van der Waals surface area contributed by atoms with Crippen LogP contribution in [0, 0.1) is 0 Å². The van der Waals surface area contributed by atoms with Crippen molar-refractivity contribution in [2.24, 2.45) is 5.73 Å². The average Bonchev–Trinajstić information content (AvgIpc) is 2.98. The molecule has 0 aliphatic carbocycles. The molecule has 9 heteroatoms. The van der Waals surface area contributed by atoms with Crippen molar-refractivity contribution in [1.82, 2.24) is 15.2 Å². The number of pyridine rings is 1. The van der Waals surface area contributed by atoms with E-state index in [9.17, 15) is 19.2 Å². The van der Waals surface area contributed by atoms with Crippen LogP contribution in [0.4, 0.5) is 5.82 Å². The summed E-state index contributed by atoms with van der Waals surface area (Å²) in [5.41, 5.74) is 7.99. The molecule has 0 spiro atoms. The number of hydrogen-bond acceptors (Lipinski definition) is 7. The van der Waals surface area contributed by atoms with Gasteiger partial charge in [-0.2, -0.15) is 0 Å². The summed E-state index contributed by atoms with van der Waals surface area (Å²) in [4.78, 5) is 56.5. The summed E-state index contributed by atoms with van der Waals surface area (Å²) in [7, 11) is 1.87. The number of carbonyl (C=O) groups is 4. The Morgan fingerprint density at radius 3 is 2.60 bits per heavy atom. The van der Waals surface area contributed by atoms with Gasteiger partial charge in [0.15, 0.2) is 0 Å². The first-order chi connectivity index (χ1) is 14.4. The van der Waals surface area contributed by atoms with Gasteiger partial charge in [-0.1, -0.05) is 6.07 Å². The van der Waals surface area contributed by atoms with Crippen molar-refractivity contribution in [2.45, 2.75) is 32.0 Å². The Kier molecular flexibility index (Phi) is 5.04. The number of rotatable bonds is 5. The molecule has 2 aromatic rings. The zero-order valence-electron chi connectivity index (χ0n) is 16.4. The predicted octanol–water partition coefficient (Wildman–Crippen LogP) is 0.578. The molecule has 1 fully saturated rings. The van der Waals surface area contributed by atoms with Gasteiger partial charge >= 0.3 is 0 Å². The van der Waals surface area contributed by atoms with Gasteiger partial charge in [-0.3, -0.25) is 29.4 Å². The molecule has 3 N–H and O–H groups in total. The van der Waals surface area contributed by atoms with Crippen LogP contribution >= 0.6 is 0 Å². The van der Waals surface area contributed by atoms with E-state index in [2.05, 4.69) is 10.3 Å². The molecule has 0 radical (unpaired) electrons. The molecule has 1 aromatic heterocycles. The number of nitrogens with zero attached hydrogens (tertiary/aromatic N) is 3. The van der Waals surface area contributed by atoms with E-state index in [1.807, 2.05) is 24.1 Å². The summed E-state index contributed by atoms with van der Waals surface area (Å²) in [5.74, 6) is -1.30. The maximum atomic E-state index is 12.9. The topological polar surface area (TPSA) is 126 Å². The summed E-state index contributed by atoms with van der Waals surface area (Å²) < 4.78 is 0. The van der Waals surface area contributed by atoms with Crippen LogP contribution in [0.2, 0.25) is 0 Å². The third kappa shape index (κ3) is 3.43. The molecule has 1 unspecified atom stereocenters. The van der Waals surface area contributed by atoms with Gasteiger partial charge in [0.1, 0.15) is 11.9 Å². The van der Waals surface area contributed by atoms with Crippen molar-refractivity contribution < 1.29 is 19.2 Å². The van der Waals surface area contributed by atoms with Gasteiger partial charge in [0.2, 0.25) is 11.8 Å². The molecule has 9 nitrogen and oxygen atoms in total. The summed E-state index contributed by atoms with van der Waals surface area (Å²) in [6.07, 6.45) is 1.92. The van der Waals surface area contributed by atoms with Crippen molar-refractivity contribution in [3.8, 4) is 0 Å². The van der Waals surface area contributed by atoms with Gasteiger partial charge in [0.05, 0.1) is 11.1 Å². The number of hydrogen-bond donors (Lipinski definition) is 2. The minimum Gasteiger partial charge on any atom is -0.355 e. The van der Waals surface area contributed by atoms with Crippen molar-refractivity contribution >= 4 is 29.4 Å². The number of benzene rings is 1. The van der Waals surface area contributed by atoms with E-state index in [1.54, 1.807) is 24.4 Å². The Morgan fingerprint density at radius 1 is 1.10 bits per heavy atom. The van der Waals surface area contributed by atoms with Crippen LogP contribution in [0.25, 0.3) is 0 Å². The number of imide groups is 2. The minimum absolute atomic E-state index is 0.0920. The second-order valence-corrected chi connectivity index (χ2v) is 7.41. The molecule has 154 valence electrons. The number of anilines is 1. The van der Waals surface area contributed by atoms with Crippen molar-refractivity contribution in [3.05, 3.63) is 58.8 Å². The Morgan fingerprint density at radius 2 is 1.87 bits per heavy atom. The van der Waals surface area contributed by atoms with E-state index >= 15 is 0 Å². The molecular weight excluding hydrogens is 386 g/mol. The van der Waals surface area contributed by atoms with E-state index in [4.69, 9.17) is 5.73 Å². The lowest BCUT2D eigenvalue weighted by Crippen LogP contribution is -2.54. The van der Waals surface area contributed by atoms with E-state index in [0.717, 1.165) is 21.8 Å². The number of amides is 4. The first-order valence-electron chi connectivity index (χ1n) is 9.59. The van der Waals surface area contributed by atoms with Gasteiger partial charge in [-0.25, -0.2) is 4.98 Å². The van der Waals surface area contributed by atoms with Crippen LogP contribution < -0.4 is 16.0 Å². The lowest BCUT2D eigenvalue weighted by atomic mass is 10.0. The number of nitrogens with one attached hydrogen (secondary N) is 1. The summed E-state index contributed by atoms with van der Waals surface area (Å²) in [6, 6.07) is 7.83. The molecular formula is C21H21N5O4. The van der Waals surface area contributed by atoms with Crippen LogP contribution in [-0.2, 0) is 22.7 Å². The SMILES string of the molecule is CN(Cc1ccc2c(c1)C(=O)N(C1CCC(=O)NC1=O)C2=O)c1cc(CN)ccn1. The predicted molar refractivity (Wildman–Crippen MR) is 107 cm³/mol. The van der Waals surface area contributed by atoms with Crippen molar-refractivity contribution in [1.29, 1.82) is 0 Å². The first kappa shape index (κ1) is 19.7.